The summed E-state index contributed by atoms with van der Waals surface area (Å²) in [6.07, 6.45) is 3.53. The Morgan fingerprint density at radius 3 is 2.93 bits per heavy atom. The van der Waals surface area contributed by atoms with E-state index in [1.54, 1.807) is 0 Å². The van der Waals surface area contributed by atoms with Crippen molar-refractivity contribution in [2.24, 2.45) is 0 Å². The lowest BCUT2D eigenvalue weighted by Crippen LogP contribution is -2.51. The first-order valence-corrected chi connectivity index (χ1v) is 5.40. The van der Waals surface area contributed by atoms with E-state index in [1.807, 2.05) is 0 Å². The molecule has 2 rings (SSSR count). The molecule has 82 valence electrons. The first-order chi connectivity index (χ1) is 6.85. The summed E-state index contributed by atoms with van der Waals surface area (Å²) in [4.78, 5) is 0. The number of nitrogens with one attached hydrogen (secondary N) is 1. The van der Waals surface area contributed by atoms with Crippen LogP contribution in [0.2, 0.25) is 0 Å². The van der Waals surface area contributed by atoms with Crippen molar-refractivity contribution in [3.8, 4) is 0 Å². The number of ether oxygens (including phenoxy) is 2. The van der Waals surface area contributed by atoms with Gasteiger partial charge in [0.1, 0.15) is 0 Å². The second-order valence-corrected chi connectivity index (χ2v) is 4.26. The normalized spacial score (nSPS) is 37.9. The Bertz CT molecular complexity index is 174. The molecule has 2 aliphatic heterocycles. The molecule has 2 fully saturated rings. The van der Waals surface area contributed by atoms with Gasteiger partial charge in [-0.1, -0.05) is 0 Å². The van der Waals surface area contributed by atoms with Gasteiger partial charge < -0.3 is 19.9 Å². The van der Waals surface area contributed by atoms with Crippen molar-refractivity contribution in [2.45, 2.75) is 30.9 Å². The van der Waals surface area contributed by atoms with Crippen LogP contribution in [0.15, 0.2) is 0 Å². The van der Waals surface area contributed by atoms with Crippen molar-refractivity contribution in [1.29, 1.82) is 0 Å². The van der Waals surface area contributed by atoms with E-state index in [0.29, 0.717) is 12.7 Å². The fourth-order valence-corrected chi connectivity index (χ4v) is 2.06. The summed E-state index contributed by atoms with van der Waals surface area (Å²) in [5, 5.41) is 12.7. The maximum Gasteiger partial charge on any atom is 0.0700 e. The van der Waals surface area contributed by atoms with Crippen LogP contribution in [0, 0.1) is 0 Å². The molecule has 0 aromatic carbocycles. The van der Waals surface area contributed by atoms with Crippen LogP contribution in [0.25, 0.3) is 0 Å². The van der Waals surface area contributed by atoms with Gasteiger partial charge in [0, 0.05) is 19.8 Å². The van der Waals surface area contributed by atoms with Crippen LogP contribution in [0.1, 0.15) is 19.3 Å². The van der Waals surface area contributed by atoms with E-state index in [2.05, 4.69) is 5.32 Å². The van der Waals surface area contributed by atoms with Crippen LogP contribution in [-0.2, 0) is 9.47 Å². The maximum atomic E-state index is 9.31. The average molecular weight is 201 g/mol. The molecule has 0 spiro atoms. The van der Waals surface area contributed by atoms with Gasteiger partial charge in [0.15, 0.2) is 0 Å². The largest absolute Gasteiger partial charge is 0.394 e. The predicted octanol–water partition coefficient (Wildman–Crippen LogP) is -0.0936. The molecule has 2 aliphatic rings. The van der Waals surface area contributed by atoms with Crippen molar-refractivity contribution < 1.29 is 14.6 Å². The summed E-state index contributed by atoms with van der Waals surface area (Å²) in [6, 6.07) is 0. The Balaban J connectivity index is 1.76. The van der Waals surface area contributed by atoms with Crippen LogP contribution < -0.4 is 5.32 Å². The van der Waals surface area contributed by atoms with E-state index in [9.17, 15) is 5.11 Å². The monoisotopic (exact) mass is 201 g/mol. The van der Waals surface area contributed by atoms with E-state index in [0.717, 1.165) is 39.0 Å². The highest BCUT2D eigenvalue weighted by Gasteiger charge is 2.34. The smallest absolute Gasteiger partial charge is 0.0700 e. The highest BCUT2D eigenvalue weighted by molar-refractivity contribution is 4.92. The molecule has 2 heterocycles. The van der Waals surface area contributed by atoms with Crippen LogP contribution in [-0.4, -0.2) is 49.7 Å². The first kappa shape index (κ1) is 10.4. The molecule has 14 heavy (non-hydrogen) atoms. The summed E-state index contributed by atoms with van der Waals surface area (Å²) >= 11 is 0. The lowest BCUT2D eigenvalue weighted by molar-refractivity contribution is 0.0800. The van der Waals surface area contributed by atoms with Crippen LogP contribution in [0.4, 0.5) is 0 Å². The molecule has 2 unspecified atom stereocenters. The van der Waals surface area contributed by atoms with Gasteiger partial charge in [0.2, 0.25) is 0 Å². The lowest BCUT2D eigenvalue weighted by atomic mass is 10.00. The standard InChI is InChI=1S/C10H19NO3/c12-7-10(3-5-13-8-10)11-6-9-2-1-4-14-9/h9,11-12H,1-8H2. The molecular formula is C10H19NO3. The summed E-state index contributed by atoms with van der Waals surface area (Å²) in [5.74, 6) is 0. The number of hydrogen-bond acceptors (Lipinski definition) is 4. The second kappa shape index (κ2) is 4.57. The molecule has 0 aliphatic carbocycles. The number of aliphatic hydroxyl groups is 1. The van der Waals surface area contributed by atoms with E-state index in [-0.39, 0.29) is 12.1 Å². The van der Waals surface area contributed by atoms with E-state index in [1.165, 1.54) is 0 Å². The topological polar surface area (TPSA) is 50.7 Å². The molecule has 4 heteroatoms. The van der Waals surface area contributed by atoms with Gasteiger partial charge in [-0.2, -0.15) is 0 Å². The van der Waals surface area contributed by atoms with Gasteiger partial charge in [0.05, 0.1) is 24.9 Å². The minimum absolute atomic E-state index is 0.152. The number of hydrogen-bond donors (Lipinski definition) is 2. The molecule has 2 atom stereocenters. The molecule has 0 amide bonds. The SMILES string of the molecule is OCC1(NCC2CCCO2)CCOC1. The van der Waals surface area contributed by atoms with Crippen molar-refractivity contribution in [3.05, 3.63) is 0 Å². The van der Waals surface area contributed by atoms with Crippen molar-refractivity contribution in [1.82, 2.24) is 5.32 Å². The van der Waals surface area contributed by atoms with Gasteiger partial charge in [-0.25, -0.2) is 0 Å². The molecule has 4 nitrogen and oxygen atoms in total. The Morgan fingerprint density at radius 1 is 1.43 bits per heavy atom. The molecule has 2 N–H and O–H groups in total. The minimum Gasteiger partial charge on any atom is -0.394 e. The fourth-order valence-electron chi connectivity index (χ4n) is 2.06. The van der Waals surface area contributed by atoms with Crippen LogP contribution in [0.5, 0.6) is 0 Å². The Kier molecular flexibility index (Phi) is 3.38. The third-order valence-corrected chi connectivity index (χ3v) is 3.13. The van der Waals surface area contributed by atoms with Gasteiger partial charge in [-0.05, 0) is 19.3 Å². The zero-order chi connectivity index (χ0) is 9.86. The molecule has 0 saturated carbocycles. The number of rotatable bonds is 4. The van der Waals surface area contributed by atoms with Crippen molar-refractivity contribution in [3.63, 3.8) is 0 Å². The summed E-state index contributed by atoms with van der Waals surface area (Å²) in [5.41, 5.74) is -0.202. The highest BCUT2D eigenvalue weighted by atomic mass is 16.5. The predicted molar refractivity (Wildman–Crippen MR) is 52.2 cm³/mol. The van der Waals surface area contributed by atoms with Crippen LogP contribution >= 0.6 is 0 Å². The zero-order valence-corrected chi connectivity index (χ0v) is 8.50. The zero-order valence-electron chi connectivity index (χ0n) is 8.50. The van der Waals surface area contributed by atoms with Gasteiger partial charge in [0.25, 0.3) is 0 Å². The van der Waals surface area contributed by atoms with Gasteiger partial charge in [-0.15, -0.1) is 0 Å². The molecule has 0 radical (unpaired) electrons. The molecular weight excluding hydrogens is 182 g/mol. The van der Waals surface area contributed by atoms with E-state index < -0.39 is 0 Å². The van der Waals surface area contributed by atoms with Crippen LogP contribution in [0.3, 0.4) is 0 Å². The lowest BCUT2D eigenvalue weighted by Gasteiger charge is -2.27. The highest BCUT2D eigenvalue weighted by Crippen LogP contribution is 2.19. The quantitative estimate of drug-likeness (QED) is 0.667. The number of aliphatic hydroxyl groups excluding tert-OH is 1. The maximum absolute atomic E-state index is 9.31. The van der Waals surface area contributed by atoms with Crippen molar-refractivity contribution >= 4 is 0 Å². The average Bonchev–Trinajstić information content (AvgIpc) is 2.87. The molecule has 2 saturated heterocycles. The molecule has 0 bridgehead atoms. The van der Waals surface area contributed by atoms with Gasteiger partial charge in [-0.3, -0.25) is 0 Å². The third-order valence-electron chi connectivity index (χ3n) is 3.13. The van der Waals surface area contributed by atoms with Crippen molar-refractivity contribution in [2.75, 3.05) is 33.0 Å². The van der Waals surface area contributed by atoms with Gasteiger partial charge >= 0.3 is 0 Å². The first-order valence-electron chi connectivity index (χ1n) is 5.40. The fraction of sp³-hybridized carbons (Fsp3) is 1.00. The Hall–Kier alpha value is -0.160. The Labute approximate surface area is 84.6 Å². The second-order valence-electron chi connectivity index (χ2n) is 4.26. The molecule has 0 aromatic rings. The summed E-state index contributed by atoms with van der Waals surface area (Å²) in [6.45, 7) is 3.24. The molecule has 0 aromatic heterocycles. The minimum atomic E-state index is -0.202. The Morgan fingerprint density at radius 2 is 2.36 bits per heavy atom. The summed E-state index contributed by atoms with van der Waals surface area (Å²) < 4.78 is 10.8. The third kappa shape index (κ3) is 2.25. The summed E-state index contributed by atoms with van der Waals surface area (Å²) in [7, 11) is 0. The van der Waals surface area contributed by atoms with E-state index >= 15 is 0 Å². The van der Waals surface area contributed by atoms with E-state index in [4.69, 9.17) is 9.47 Å².